The molecule has 0 saturated heterocycles. The molecule has 176 valence electrons. The quantitative estimate of drug-likeness (QED) is 0.371. The number of amides is 1. The van der Waals surface area contributed by atoms with Crippen molar-refractivity contribution < 1.29 is 32.9 Å². The monoisotopic (exact) mass is 474 g/mol. The lowest BCUT2D eigenvalue weighted by Gasteiger charge is -2.12. The van der Waals surface area contributed by atoms with Gasteiger partial charge in [-0.2, -0.15) is 18.3 Å². The van der Waals surface area contributed by atoms with Crippen LogP contribution in [0.1, 0.15) is 16.1 Å². The van der Waals surface area contributed by atoms with Crippen LogP contribution in [0.2, 0.25) is 0 Å². The summed E-state index contributed by atoms with van der Waals surface area (Å²) in [6.45, 7) is -0.763. The minimum Gasteiger partial charge on any atom is -0.474 e. The minimum absolute atomic E-state index is 0.0501. The van der Waals surface area contributed by atoms with E-state index in [4.69, 9.17) is 9.84 Å². The number of nitrogens with one attached hydrogen (secondary N) is 1. The number of aliphatic hydroxyl groups excluding tert-OH is 2. The Morgan fingerprint density at radius 1 is 1.15 bits per heavy atom. The van der Waals surface area contributed by atoms with Gasteiger partial charge >= 0.3 is 6.18 Å². The van der Waals surface area contributed by atoms with Crippen LogP contribution in [0, 0.1) is 0 Å². The van der Waals surface area contributed by atoms with E-state index in [1.165, 1.54) is 53.6 Å². The number of anilines is 1. The number of carbonyl (C=O) groups is 1. The molecule has 3 N–H and O–H groups in total. The zero-order chi connectivity index (χ0) is 24.3. The summed E-state index contributed by atoms with van der Waals surface area (Å²) in [6.07, 6.45) is -0.565. The topological polar surface area (TPSA) is 135 Å². The fourth-order valence-electron chi connectivity index (χ4n) is 3.01. The summed E-state index contributed by atoms with van der Waals surface area (Å²) in [5, 5.41) is 24.8. The number of rotatable bonds is 7. The van der Waals surface area contributed by atoms with Gasteiger partial charge < -0.3 is 20.3 Å². The van der Waals surface area contributed by atoms with Crippen LogP contribution in [-0.4, -0.2) is 60.0 Å². The van der Waals surface area contributed by atoms with E-state index in [2.05, 4.69) is 25.4 Å². The summed E-state index contributed by atoms with van der Waals surface area (Å²) in [6, 6.07) is 6.43. The molecule has 0 radical (unpaired) electrons. The second kappa shape index (κ2) is 9.41. The van der Waals surface area contributed by atoms with Crippen molar-refractivity contribution in [2.75, 3.05) is 18.5 Å². The molecule has 34 heavy (non-hydrogen) atoms. The standard InChI is InChI=1S/C21H17F3N6O4/c22-21(23,24)14-4-2-1-3-13(14)15-5-6-30-19(28-15)16(8-26-30)29-20(33)17-7-25-9-18(27-17)34-11-12(32)10-31/h1-9,12,31-32H,10-11H2,(H,29,33). The van der Waals surface area contributed by atoms with Crippen molar-refractivity contribution in [1.82, 2.24) is 24.6 Å². The van der Waals surface area contributed by atoms with Crippen LogP contribution >= 0.6 is 0 Å². The Morgan fingerprint density at radius 3 is 2.71 bits per heavy atom. The lowest BCUT2D eigenvalue weighted by Crippen LogP contribution is -2.22. The van der Waals surface area contributed by atoms with E-state index in [0.29, 0.717) is 0 Å². The number of aliphatic hydroxyl groups is 2. The van der Waals surface area contributed by atoms with E-state index in [1.54, 1.807) is 0 Å². The van der Waals surface area contributed by atoms with Gasteiger partial charge in [0.25, 0.3) is 5.91 Å². The molecule has 3 heterocycles. The summed E-state index contributed by atoms with van der Waals surface area (Å²) < 4.78 is 46.8. The molecule has 1 aromatic carbocycles. The van der Waals surface area contributed by atoms with Crippen molar-refractivity contribution in [2.45, 2.75) is 12.3 Å². The van der Waals surface area contributed by atoms with Crippen molar-refractivity contribution in [3.8, 4) is 17.1 Å². The van der Waals surface area contributed by atoms with Crippen LogP contribution in [0.4, 0.5) is 18.9 Å². The third kappa shape index (κ3) is 4.94. The number of carbonyl (C=O) groups excluding carboxylic acids is 1. The Balaban J connectivity index is 1.60. The number of ether oxygens (including phenoxy) is 1. The predicted octanol–water partition coefficient (Wildman–Crippen LogP) is 2.19. The van der Waals surface area contributed by atoms with Gasteiger partial charge in [-0.05, 0) is 12.1 Å². The van der Waals surface area contributed by atoms with Crippen LogP contribution in [0.5, 0.6) is 5.88 Å². The van der Waals surface area contributed by atoms with Crippen molar-refractivity contribution >= 4 is 17.2 Å². The zero-order valence-corrected chi connectivity index (χ0v) is 17.3. The molecule has 0 aliphatic heterocycles. The van der Waals surface area contributed by atoms with E-state index < -0.39 is 30.4 Å². The molecule has 1 unspecified atom stereocenters. The fraction of sp³-hybridized carbons (Fsp3) is 0.190. The Bertz CT molecular complexity index is 1330. The highest BCUT2D eigenvalue weighted by atomic mass is 19.4. The van der Waals surface area contributed by atoms with E-state index in [-0.39, 0.29) is 40.8 Å². The van der Waals surface area contributed by atoms with Crippen molar-refractivity contribution in [3.63, 3.8) is 0 Å². The molecule has 0 aliphatic rings. The Hall–Kier alpha value is -4.10. The van der Waals surface area contributed by atoms with Gasteiger partial charge in [-0.3, -0.25) is 9.78 Å². The molecule has 10 nitrogen and oxygen atoms in total. The number of fused-ring (bicyclic) bond motifs is 1. The van der Waals surface area contributed by atoms with E-state index in [1.807, 2.05) is 0 Å². The SMILES string of the molecule is O=C(Nc1cnn2ccc(-c3ccccc3C(F)(F)F)nc12)c1cncc(OCC(O)CO)n1. The van der Waals surface area contributed by atoms with Crippen LogP contribution in [0.25, 0.3) is 16.9 Å². The molecule has 0 fully saturated rings. The van der Waals surface area contributed by atoms with Crippen LogP contribution < -0.4 is 10.1 Å². The molecule has 1 atom stereocenters. The zero-order valence-electron chi connectivity index (χ0n) is 17.3. The average molecular weight is 474 g/mol. The van der Waals surface area contributed by atoms with Gasteiger partial charge in [-0.25, -0.2) is 14.5 Å². The van der Waals surface area contributed by atoms with Crippen molar-refractivity contribution in [3.05, 3.63) is 66.4 Å². The maximum atomic E-state index is 13.4. The molecule has 1 amide bonds. The number of aromatic nitrogens is 5. The number of halogens is 3. The van der Waals surface area contributed by atoms with Crippen molar-refractivity contribution in [1.29, 1.82) is 0 Å². The summed E-state index contributed by atoms with van der Waals surface area (Å²) in [4.78, 5) is 24.8. The Labute approximate surface area is 189 Å². The second-order valence-corrected chi connectivity index (χ2v) is 7.03. The highest BCUT2D eigenvalue weighted by Crippen LogP contribution is 2.36. The smallest absolute Gasteiger partial charge is 0.417 e. The van der Waals surface area contributed by atoms with E-state index in [9.17, 15) is 23.1 Å². The van der Waals surface area contributed by atoms with Gasteiger partial charge in [-0.1, -0.05) is 18.2 Å². The summed E-state index contributed by atoms with van der Waals surface area (Å²) >= 11 is 0. The summed E-state index contributed by atoms with van der Waals surface area (Å²) in [7, 11) is 0. The number of alkyl halides is 3. The average Bonchev–Trinajstić information content (AvgIpc) is 3.24. The molecular formula is C21H17F3N6O4. The molecule has 3 aromatic heterocycles. The lowest BCUT2D eigenvalue weighted by atomic mass is 10.0. The summed E-state index contributed by atoms with van der Waals surface area (Å²) in [5.41, 5.74) is -0.774. The maximum Gasteiger partial charge on any atom is 0.417 e. The molecular weight excluding hydrogens is 457 g/mol. The summed E-state index contributed by atoms with van der Waals surface area (Å²) in [5.74, 6) is -0.748. The van der Waals surface area contributed by atoms with Crippen molar-refractivity contribution in [2.24, 2.45) is 0 Å². The van der Waals surface area contributed by atoms with Crippen LogP contribution in [0.15, 0.2) is 55.1 Å². The maximum absolute atomic E-state index is 13.4. The number of hydrogen-bond donors (Lipinski definition) is 3. The predicted molar refractivity (Wildman–Crippen MR) is 112 cm³/mol. The molecule has 0 saturated carbocycles. The second-order valence-electron chi connectivity index (χ2n) is 7.03. The molecule has 0 spiro atoms. The van der Waals surface area contributed by atoms with Gasteiger partial charge in [0, 0.05) is 11.8 Å². The number of benzene rings is 1. The fourth-order valence-corrected chi connectivity index (χ4v) is 3.01. The van der Waals surface area contributed by atoms with Crippen LogP contribution in [0.3, 0.4) is 0 Å². The lowest BCUT2D eigenvalue weighted by molar-refractivity contribution is -0.137. The highest BCUT2D eigenvalue weighted by Gasteiger charge is 2.33. The molecule has 13 heteroatoms. The Morgan fingerprint density at radius 2 is 1.94 bits per heavy atom. The minimum atomic E-state index is -4.57. The first-order valence-electron chi connectivity index (χ1n) is 9.82. The van der Waals surface area contributed by atoms with E-state index >= 15 is 0 Å². The largest absolute Gasteiger partial charge is 0.474 e. The molecule has 4 rings (SSSR count). The van der Waals surface area contributed by atoms with Gasteiger partial charge in [0.05, 0.1) is 36.5 Å². The highest BCUT2D eigenvalue weighted by molar-refractivity contribution is 6.04. The molecule has 0 bridgehead atoms. The first kappa shape index (κ1) is 23.1. The normalized spacial score (nSPS) is 12.5. The van der Waals surface area contributed by atoms with Gasteiger partial charge in [0.15, 0.2) is 11.3 Å². The van der Waals surface area contributed by atoms with Gasteiger partial charge in [0.2, 0.25) is 5.88 Å². The third-order valence-electron chi connectivity index (χ3n) is 4.61. The third-order valence-corrected chi connectivity index (χ3v) is 4.61. The van der Waals surface area contributed by atoms with Gasteiger partial charge in [-0.15, -0.1) is 0 Å². The number of hydrogen-bond acceptors (Lipinski definition) is 8. The first-order valence-corrected chi connectivity index (χ1v) is 9.82. The van der Waals surface area contributed by atoms with E-state index in [0.717, 1.165) is 6.07 Å². The Kier molecular flexibility index (Phi) is 6.38. The molecule has 4 aromatic rings. The van der Waals surface area contributed by atoms with Gasteiger partial charge in [0.1, 0.15) is 18.4 Å². The van der Waals surface area contributed by atoms with Crippen LogP contribution in [-0.2, 0) is 6.18 Å². The molecule has 0 aliphatic carbocycles. The number of nitrogens with zero attached hydrogens (tertiary/aromatic N) is 5. The first-order chi connectivity index (χ1) is 16.3.